The number of hydrogen-bond acceptors (Lipinski definition) is 4. The highest BCUT2D eigenvalue weighted by molar-refractivity contribution is 6.15. The zero-order valence-corrected chi connectivity index (χ0v) is 17.2. The quantitative estimate of drug-likeness (QED) is 0.532. The monoisotopic (exact) mass is 473 g/mol. The molecule has 0 aromatic heterocycles. The van der Waals surface area contributed by atoms with E-state index in [0.717, 1.165) is 0 Å². The third-order valence-corrected chi connectivity index (χ3v) is 4.66. The summed E-state index contributed by atoms with van der Waals surface area (Å²) >= 11 is 0. The van der Waals surface area contributed by atoms with E-state index in [-0.39, 0.29) is 35.6 Å². The Morgan fingerprint density at radius 3 is 2.21 bits per heavy atom. The molecule has 0 aliphatic carbocycles. The highest BCUT2D eigenvalue weighted by atomic mass is 19.4. The van der Waals surface area contributed by atoms with Crippen LogP contribution in [0.4, 0.5) is 31.1 Å². The van der Waals surface area contributed by atoms with Gasteiger partial charge in [-0.3, -0.25) is 10.3 Å². The molecule has 0 bridgehead atoms. The van der Waals surface area contributed by atoms with Gasteiger partial charge in [0, 0.05) is 6.54 Å². The smallest absolute Gasteiger partial charge is 0.420 e. The average Bonchev–Trinajstić information content (AvgIpc) is 2.99. The van der Waals surface area contributed by atoms with Gasteiger partial charge in [-0.05, 0) is 48.9 Å². The number of carbonyl (C=O) groups excluding carboxylic acids is 1. The van der Waals surface area contributed by atoms with Crippen LogP contribution < -0.4 is 14.8 Å². The van der Waals surface area contributed by atoms with Crippen molar-refractivity contribution in [3.63, 3.8) is 0 Å². The topological polar surface area (TPSA) is 74.7 Å². The van der Waals surface area contributed by atoms with E-state index in [9.17, 15) is 31.1 Å². The van der Waals surface area contributed by atoms with Gasteiger partial charge >= 0.3 is 18.4 Å². The number of urea groups is 1. The number of nitrogens with zero attached hydrogens (tertiary/aromatic N) is 1. The van der Waals surface area contributed by atoms with Crippen LogP contribution in [0.3, 0.4) is 0 Å². The van der Waals surface area contributed by atoms with Crippen molar-refractivity contribution in [1.82, 2.24) is 10.2 Å². The molecule has 2 N–H and O–H groups in total. The molecule has 12 heteroatoms. The minimum absolute atomic E-state index is 0.0134. The number of likely N-dealkylation sites (N-methyl/N-ethyl adjacent to an activating group) is 1. The van der Waals surface area contributed by atoms with Crippen LogP contribution in [-0.4, -0.2) is 30.4 Å². The number of alkyl halides is 6. The van der Waals surface area contributed by atoms with E-state index < -0.39 is 35.3 Å². The summed E-state index contributed by atoms with van der Waals surface area (Å²) in [7, 11) is 1.23. The number of ether oxygens (including phenoxy) is 2. The predicted molar refractivity (Wildman–Crippen MR) is 106 cm³/mol. The summed E-state index contributed by atoms with van der Waals surface area (Å²) in [6.45, 7) is 1.98. The summed E-state index contributed by atoms with van der Waals surface area (Å²) in [4.78, 5) is 13.0. The number of hydrogen-bond donors (Lipinski definition) is 2. The average molecular weight is 473 g/mol. The number of halogens is 6. The molecule has 1 heterocycles. The molecule has 0 atom stereocenters. The first-order chi connectivity index (χ1) is 15.3. The third kappa shape index (κ3) is 5.04. The van der Waals surface area contributed by atoms with Gasteiger partial charge in [0.2, 0.25) is 0 Å². The molecule has 6 nitrogen and oxygen atoms in total. The van der Waals surface area contributed by atoms with Gasteiger partial charge in [-0.15, -0.1) is 0 Å². The van der Waals surface area contributed by atoms with Crippen LogP contribution >= 0.6 is 0 Å². The standard InChI is InChI=1S/C21H17F6N3O3/c1-3-30-18(28)14(29-19(30)31)8-11-4-6-16(17(9-11)32-2)33-15-7-5-12(20(22,23)24)10-13(15)21(25,26)27/h4-10,28H,3H2,1-2H3,(H,29,31). The number of amides is 2. The normalized spacial score (nSPS) is 15.8. The fraction of sp³-hybridized carbons (Fsp3) is 0.238. The van der Waals surface area contributed by atoms with Gasteiger partial charge in [0.25, 0.3) is 0 Å². The molecule has 0 spiro atoms. The minimum Gasteiger partial charge on any atom is -0.493 e. The highest BCUT2D eigenvalue weighted by Gasteiger charge is 2.39. The van der Waals surface area contributed by atoms with Crippen LogP contribution in [0.25, 0.3) is 6.08 Å². The summed E-state index contributed by atoms with van der Waals surface area (Å²) in [6, 6.07) is 4.67. The van der Waals surface area contributed by atoms with Gasteiger partial charge in [0.15, 0.2) is 17.3 Å². The van der Waals surface area contributed by atoms with E-state index in [0.29, 0.717) is 17.7 Å². The van der Waals surface area contributed by atoms with Crippen LogP contribution in [0.5, 0.6) is 17.2 Å². The molecule has 176 valence electrons. The molecule has 1 aliphatic heterocycles. The van der Waals surface area contributed by atoms with Gasteiger partial charge in [0.1, 0.15) is 5.75 Å². The molecule has 0 saturated carbocycles. The van der Waals surface area contributed by atoms with Gasteiger partial charge in [-0.1, -0.05) is 6.07 Å². The van der Waals surface area contributed by atoms with Crippen LogP contribution in [-0.2, 0) is 12.4 Å². The van der Waals surface area contributed by atoms with E-state index in [4.69, 9.17) is 14.9 Å². The molecule has 3 rings (SSSR count). The lowest BCUT2D eigenvalue weighted by molar-refractivity contribution is -0.143. The van der Waals surface area contributed by atoms with Crippen molar-refractivity contribution in [2.45, 2.75) is 19.3 Å². The Kier molecular flexibility index (Phi) is 6.30. The van der Waals surface area contributed by atoms with Crippen molar-refractivity contribution in [2.24, 2.45) is 0 Å². The van der Waals surface area contributed by atoms with Crippen LogP contribution in [0.15, 0.2) is 42.1 Å². The molecule has 0 unspecified atom stereocenters. The summed E-state index contributed by atoms with van der Waals surface area (Å²) < 4.78 is 89.1. The van der Waals surface area contributed by atoms with Gasteiger partial charge < -0.3 is 14.8 Å². The Morgan fingerprint density at radius 1 is 1.00 bits per heavy atom. The van der Waals surface area contributed by atoms with Gasteiger partial charge in [-0.2, -0.15) is 26.3 Å². The van der Waals surface area contributed by atoms with Crippen LogP contribution in [0.1, 0.15) is 23.6 Å². The first-order valence-electron chi connectivity index (χ1n) is 9.38. The number of methoxy groups -OCH3 is 1. The van der Waals surface area contributed by atoms with Gasteiger partial charge in [0.05, 0.1) is 23.9 Å². The zero-order valence-electron chi connectivity index (χ0n) is 17.2. The lowest BCUT2D eigenvalue weighted by Crippen LogP contribution is -2.29. The second-order valence-corrected chi connectivity index (χ2v) is 6.80. The lowest BCUT2D eigenvalue weighted by atomic mass is 10.1. The Labute approximate surface area is 183 Å². The zero-order chi connectivity index (χ0) is 24.6. The summed E-state index contributed by atoms with van der Waals surface area (Å²) in [5.74, 6) is -1.07. The van der Waals surface area contributed by atoms with Crippen molar-refractivity contribution < 1.29 is 40.6 Å². The molecule has 2 aromatic rings. The molecular formula is C21H17F6N3O3. The van der Waals surface area contributed by atoms with E-state index in [1.165, 1.54) is 36.3 Å². The maximum Gasteiger partial charge on any atom is 0.420 e. The van der Waals surface area contributed by atoms with Gasteiger partial charge in [-0.25, -0.2) is 4.79 Å². The van der Waals surface area contributed by atoms with Crippen LogP contribution in [0, 0.1) is 5.41 Å². The SMILES string of the molecule is CCN1C(=N)C(=Cc2ccc(Oc3ccc(C(F)(F)F)cc3C(F)(F)F)c(OC)c2)NC1=O. The molecule has 2 aromatic carbocycles. The molecular weight excluding hydrogens is 456 g/mol. The predicted octanol–water partition coefficient (Wildman–Crippen LogP) is 5.89. The number of benzene rings is 2. The number of amidine groups is 1. The van der Waals surface area contributed by atoms with E-state index in [2.05, 4.69) is 5.32 Å². The maximum atomic E-state index is 13.4. The minimum atomic E-state index is -5.10. The number of rotatable bonds is 5. The molecule has 1 fully saturated rings. The summed E-state index contributed by atoms with van der Waals surface area (Å²) in [6.07, 6.45) is -8.59. The van der Waals surface area contributed by atoms with Crippen molar-refractivity contribution in [3.05, 3.63) is 58.8 Å². The van der Waals surface area contributed by atoms with Crippen molar-refractivity contribution in [1.29, 1.82) is 5.41 Å². The Bertz CT molecular complexity index is 1130. The van der Waals surface area contributed by atoms with Crippen LogP contribution in [0.2, 0.25) is 0 Å². The second-order valence-electron chi connectivity index (χ2n) is 6.80. The largest absolute Gasteiger partial charge is 0.493 e. The molecule has 2 amide bonds. The second kappa shape index (κ2) is 8.68. The fourth-order valence-electron chi connectivity index (χ4n) is 3.06. The molecule has 1 saturated heterocycles. The lowest BCUT2D eigenvalue weighted by Gasteiger charge is -2.17. The third-order valence-electron chi connectivity index (χ3n) is 4.66. The van der Waals surface area contributed by atoms with Crippen molar-refractivity contribution in [3.8, 4) is 17.2 Å². The van der Waals surface area contributed by atoms with Crippen molar-refractivity contribution in [2.75, 3.05) is 13.7 Å². The summed E-state index contributed by atoms with van der Waals surface area (Å²) in [5.41, 5.74) is -2.41. The van der Waals surface area contributed by atoms with E-state index in [1.807, 2.05) is 0 Å². The fourth-order valence-corrected chi connectivity index (χ4v) is 3.06. The maximum absolute atomic E-state index is 13.4. The van der Waals surface area contributed by atoms with Crippen molar-refractivity contribution >= 4 is 17.9 Å². The first-order valence-corrected chi connectivity index (χ1v) is 9.38. The highest BCUT2D eigenvalue weighted by Crippen LogP contribution is 2.43. The molecule has 1 aliphatic rings. The summed E-state index contributed by atoms with van der Waals surface area (Å²) in [5, 5.41) is 10.5. The Hall–Kier alpha value is -3.70. The van der Waals surface area contributed by atoms with E-state index in [1.54, 1.807) is 6.92 Å². The molecule has 0 radical (unpaired) electrons. The Morgan fingerprint density at radius 2 is 1.67 bits per heavy atom. The number of nitrogens with one attached hydrogen (secondary N) is 2. The van der Waals surface area contributed by atoms with E-state index >= 15 is 0 Å². The molecule has 33 heavy (non-hydrogen) atoms. The first kappa shape index (κ1) is 24.0. The number of carbonyl (C=O) groups is 1. The Balaban J connectivity index is 1.95.